The normalized spacial score (nSPS) is 22.4. The zero-order chi connectivity index (χ0) is 12.1. The topological polar surface area (TPSA) is 30.5 Å². The Morgan fingerprint density at radius 1 is 1.53 bits per heavy atom. The molecule has 4 heteroatoms. The molecule has 1 aromatic rings. The largest absolute Gasteiger partial charge is 0.373 e. The van der Waals surface area contributed by atoms with Gasteiger partial charge < -0.3 is 14.8 Å². The Kier molecular flexibility index (Phi) is 4.80. The molecule has 94 valence electrons. The Hall–Kier alpha value is -0.610. The summed E-state index contributed by atoms with van der Waals surface area (Å²) >= 11 is 6.12. The number of nitrogens with one attached hydrogen (secondary N) is 1. The first kappa shape index (κ1) is 12.8. The zero-order valence-corrected chi connectivity index (χ0v) is 10.7. The minimum absolute atomic E-state index is 0.00535. The maximum Gasteiger partial charge on any atom is 0.0933 e. The van der Waals surface area contributed by atoms with E-state index in [-0.39, 0.29) is 12.2 Å². The van der Waals surface area contributed by atoms with E-state index in [1.807, 2.05) is 31.2 Å². The molecule has 0 bridgehead atoms. The van der Waals surface area contributed by atoms with Gasteiger partial charge in [0.25, 0.3) is 0 Å². The van der Waals surface area contributed by atoms with Crippen LogP contribution in [0.2, 0.25) is 5.02 Å². The fourth-order valence-electron chi connectivity index (χ4n) is 1.87. The van der Waals surface area contributed by atoms with Gasteiger partial charge >= 0.3 is 0 Å². The number of hydrogen-bond donors (Lipinski definition) is 1. The van der Waals surface area contributed by atoms with Crippen LogP contribution < -0.4 is 5.32 Å². The quantitative estimate of drug-likeness (QED) is 0.896. The van der Waals surface area contributed by atoms with Gasteiger partial charge in [-0.3, -0.25) is 0 Å². The van der Waals surface area contributed by atoms with Crippen molar-refractivity contribution in [3.63, 3.8) is 0 Å². The molecular weight excluding hydrogens is 238 g/mol. The Bertz CT molecular complexity index is 353. The van der Waals surface area contributed by atoms with Crippen molar-refractivity contribution in [3.05, 3.63) is 34.9 Å². The third kappa shape index (κ3) is 3.68. The van der Waals surface area contributed by atoms with E-state index in [0.29, 0.717) is 6.61 Å². The molecule has 1 aliphatic rings. The van der Waals surface area contributed by atoms with Gasteiger partial charge in [-0.1, -0.05) is 29.8 Å². The zero-order valence-electron chi connectivity index (χ0n) is 9.99. The third-order valence-electron chi connectivity index (χ3n) is 2.88. The molecule has 1 aromatic carbocycles. The molecule has 0 amide bonds. The van der Waals surface area contributed by atoms with Crippen LogP contribution in [0.15, 0.2) is 24.3 Å². The van der Waals surface area contributed by atoms with Gasteiger partial charge in [-0.05, 0) is 18.6 Å². The summed E-state index contributed by atoms with van der Waals surface area (Å²) in [7, 11) is 0. The molecule has 1 N–H and O–H groups in total. The predicted molar refractivity (Wildman–Crippen MR) is 68.4 cm³/mol. The minimum Gasteiger partial charge on any atom is -0.373 e. The molecule has 1 heterocycles. The number of hydrogen-bond acceptors (Lipinski definition) is 3. The molecule has 0 spiro atoms. The van der Waals surface area contributed by atoms with E-state index in [0.717, 1.165) is 30.3 Å². The van der Waals surface area contributed by atoms with Gasteiger partial charge in [0.1, 0.15) is 0 Å². The van der Waals surface area contributed by atoms with Gasteiger partial charge in [0, 0.05) is 18.1 Å². The van der Waals surface area contributed by atoms with Crippen LogP contribution in [-0.2, 0) is 9.47 Å². The SMILES string of the molecule is CC(OCC1CNCCO1)c1ccccc1Cl. The summed E-state index contributed by atoms with van der Waals surface area (Å²) in [6.07, 6.45) is 0.142. The van der Waals surface area contributed by atoms with E-state index in [1.165, 1.54) is 0 Å². The molecule has 1 fully saturated rings. The number of rotatable bonds is 4. The standard InChI is InChI=1S/C13H18ClNO2/c1-10(12-4-2-3-5-13(12)14)17-9-11-8-15-6-7-16-11/h2-5,10-11,15H,6-9H2,1H3. The van der Waals surface area contributed by atoms with Gasteiger partial charge in [-0.2, -0.15) is 0 Å². The highest BCUT2D eigenvalue weighted by Gasteiger charge is 2.16. The number of halogens is 1. The summed E-state index contributed by atoms with van der Waals surface area (Å²) in [4.78, 5) is 0. The van der Waals surface area contributed by atoms with Crippen molar-refractivity contribution < 1.29 is 9.47 Å². The fraction of sp³-hybridized carbons (Fsp3) is 0.538. The summed E-state index contributed by atoms with van der Waals surface area (Å²) in [5.41, 5.74) is 1.03. The fourth-order valence-corrected chi connectivity index (χ4v) is 2.16. The van der Waals surface area contributed by atoms with E-state index in [4.69, 9.17) is 21.1 Å². The third-order valence-corrected chi connectivity index (χ3v) is 3.22. The maximum absolute atomic E-state index is 6.12. The highest BCUT2D eigenvalue weighted by Crippen LogP contribution is 2.25. The number of morpholine rings is 1. The van der Waals surface area contributed by atoms with Crippen LogP contribution in [0.1, 0.15) is 18.6 Å². The Labute approximate surface area is 107 Å². The summed E-state index contributed by atoms with van der Waals surface area (Å²) in [5.74, 6) is 0. The van der Waals surface area contributed by atoms with E-state index in [1.54, 1.807) is 0 Å². The molecule has 1 aliphatic heterocycles. The summed E-state index contributed by atoms with van der Waals surface area (Å²) in [6.45, 7) is 5.15. The van der Waals surface area contributed by atoms with Crippen molar-refractivity contribution in [2.75, 3.05) is 26.3 Å². The average molecular weight is 256 g/mol. The summed E-state index contributed by atoms with van der Waals surface area (Å²) in [5, 5.41) is 4.03. The van der Waals surface area contributed by atoms with Crippen LogP contribution in [-0.4, -0.2) is 32.4 Å². The molecule has 17 heavy (non-hydrogen) atoms. The second-order valence-corrected chi connectivity index (χ2v) is 4.60. The molecule has 2 unspecified atom stereocenters. The van der Waals surface area contributed by atoms with Gasteiger partial charge in [0.2, 0.25) is 0 Å². The average Bonchev–Trinajstić information content (AvgIpc) is 2.38. The maximum atomic E-state index is 6.12. The molecule has 2 rings (SSSR count). The van der Waals surface area contributed by atoms with Gasteiger partial charge in [-0.15, -0.1) is 0 Å². The molecule has 0 aromatic heterocycles. The lowest BCUT2D eigenvalue weighted by molar-refractivity contribution is -0.0519. The van der Waals surface area contributed by atoms with Crippen molar-refractivity contribution in [2.45, 2.75) is 19.1 Å². The number of benzene rings is 1. The summed E-state index contributed by atoms with van der Waals surface area (Å²) in [6, 6.07) is 7.77. The minimum atomic E-state index is -0.00535. The van der Waals surface area contributed by atoms with Crippen LogP contribution in [0.5, 0.6) is 0 Å². The lowest BCUT2D eigenvalue weighted by Crippen LogP contribution is -2.41. The first-order chi connectivity index (χ1) is 8.27. The molecule has 0 radical (unpaired) electrons. The van der Waals surface area contributed by atoms with Crippen LogP contribution in [0.25, 0.3) is 0 Å². The predicted octanol–water partition coefficient (Wildman–Crippen LogP) is 2.41. The van der Waals surface area contributed by atoms with E-state index >= 15 is 0 Å². The highest BCUT2D eigenvalue weighted by molar-refractivity contribution is 6.31. The molecule has 0 aliphatic carbocycles. The molecule has 3 nitrogen and oxygen atoms in total. The number of ether oxygens (including phenoxy) is 2. The Morgan fingerprint density at radius 3 is 3.06 bits per heavy atom. The lowest BCUT2D eigenvalue weighted by Gasteiger charge is -2.25. The van der Waals surface area contributed by atoms with Crippen molar-refractivity contribution in [3.8, 4) is 0 Å². The van der Waals surface area contributed by atoms with Gasteiger partial charge in [-0.25, -0.2) is 0 Å². The molecule has 0 saturated carbocycles. The van der Waals surface area contributed by atoms with E-state index in [9.17, 15) is 0 Å². The molecule has 1 saturated heterocycles. The monoisotopic (exact) mass is 255 g/mol. The smallest absolute Gasteiger partial charge is 0.0933 e. The Morgan fingerprint density at radius 2 is 2.35 bits per heavy atom. The Balaban J connectivity index is 1.84. The van der Waals surface area contributed by atoms with Crippen molar-refractivity contribution in [1.29, 1.82) is 0 Å². The molecule has 2 atom stereocenters. The van der Waals surface area contributed by atoms with Crippen LogP contribution >= 0.6 is 11.6 Å². The first-order valence-electron chi connectivity index (χ1n) is 5.95. The van der Waals surface area contributed by atoms with Gasteiger partial charge in [0.05, 0.1) is 25.4 Å². The second kappa shape index (κ2) is 6.36. The first-order valence-corrected chi connectivity index (χ1v) is 6.33. The van der Waals surface area contributed by atoms with Crippen LogP contribution in [0, 0.1) is 0 Å². The van der Waals surface area contributed by atoms with Crippen molar-refractivity contribution in [1.82, 2.24) is 5.32 Å². The van der Waals surface area contributed by atoms with E-state index in [2.05, 4.69) is 5.32 Å². The van der Waals surface area contributed by atoms with Crippen LogP contribution in [0.4, 0.5) is 0 Å². The summed E-state index contributed by atoms with van der Waals surface area (Å²) < 4.78 is 11.4. The lowest BCUT2D eigenvalue weighted by atomic mass is 10.1. The van der Waals surface area contributed by atoms with Crippen LogP contribution in [0.3, 0.4) is 0 Å². The van der Waals surface area contributed by atoms with Crippen molar-refractivity contribution in [2.24, 2.45) is 0 Å². The molecular formula is C13H18ClNO2. The second-order valence-electron chi connectivity index (χ2n) is 4.19. The van der Waals surface area contributed by atoms with Gasteiger partial charge in [0.15, 0.2) is 0 Å². The highest BCUT2D eigenvalue weighted by atomic mass is 35.5. The van der Waals surface area contributed by atoms with E-state index < -0.39 is 0 Å². The van der Waals surface area contributed by atoms with Crippen molar-refractivity contribution >= 4 is 11.6 Å².